The van der Waals surface area contributed by atoms with Crippen LogP contribution in [0.3, 0.4) is 0 Å². The summed E-state index contributed by atoms with van der Waals surface area (Å²) in [6.07, 6.45) is 0. The molecule has 0 fully saturated rings. The Hall–Kier alpha value is -5.92. The van der Waals surface area contributed by atoms with E-state index in [1.165, 1.54) is 129 Å². The number of anilines is 6. The van der Waals surface area contributed by atoms with Crippen molar-refractivity contribution < 1.29 is 0 Å². The van der Waals surface area contributed by atoms with E-state index >= 15 is 0 Å². The molecule has 0 spiro atoms. The van der Waals surface area contributed by atoms with Crippen LogP contribution in [0.25, 0.3) is 51.1 Å². The Balaban J connectivity index is 1.16. The highest BCUT2D eigenvalue weighted by molar-refractivity contribution is 7.33. The van der Waals surface area contributed by atoms with E-state index in [9.17, 15) is 0 Å². The molecule has 0 saturated heterocycles. The molecular formula is C61H55BN2S3. The van der Waals surface area contributed by atoms with Crippen molar-refractivity contribution in [3.63, 3.8) is 0 Å². The third-order valence-corrected chi connectivity index (χ3v) is 17.9. The maximum Gasteiger partial charge on any atom is 0.264 e. The van der Waals surface area contributed by atoms with Crippen molar-refractivity contribution in [2.75, 3.05) is 9.80 Å². The summed E-state index contributed by atoms with van der Waals surface area (Å²) in [7, 11) is 0. The van der Waals surface area contributed by atoms with Gasteiger partial charge < -0.3 is 9.80 Å². The summed E-state index contributed by atoms with van der Waals surface area (Å²) in [6, 6.07) is 56.3. The maximum atomic E-state index is 2.71. The van der Waals surface area contributed by atoms with Gasteiger partial charge in [-0.15, -0.1) is 34.0 Å². The van der Waals surface area contributed by atoms with E-state index in [2.05, 4.69) is 225 Å². The summed E-state index contributed by atoms with van der Waals surface area (Å²) in [6.45, 7) is 23.5. The van der Waals surface area contributed by atoms with Crippen LogP contribution in [-0.4, -0.2) is 6.71 Å². The summed E-state index contributed by atoms with van der Waals surface area (Å²) in [5.41, 5.74) is 19.6. The molecule has 10 aromatic rings. The molecule has 330 valence electrons. The summed E-state index contributed by atoms with van der Waals surface area (Å²) >= 11 is 5.76. The summed E-state index contributed by atoms with van der Waals surface area (Å²) in [4.78, 5) is 7.90. The smallest absolute Gasteiger partial charge is 0.264 e. The molecule has 7 aromatic carbocycles. The van der Waals surface area contributed by atoms with Gasteiger partial charge in [-0.2, -0.15) is 0 Å². The molecule has 0 aliphatic carbocycles. The molecular weight excluding hydrogens is 868 g/mol. The second-order valence-electron chi connectivity index (χ2n) is 21.3. The second-order valence-corrected chi connectivity index (χ2v) is 24.6. The molecule has 0 saturated carbocycles. The molecule has 0 bridgehead atoms. The first-order valence-electron chi connectivity index (χ1n) is 23.8. The molecule has 67 heavy (non-hydrogen) atoms. The van der Waals surface area contributed by atoms with Gasteiger partial charge in [0.15, 0.2) is 0 Å². The number of benzene rings is 7. The predicted molar refractivity (Wildman–Crippen MR) is 298 cm³/mol. The highest BCUT2D eigenvalue weighted by Gasteiger charge is 2.46. The normalized spacial score (nSPS) is 13.6. The standard InChI is InChI=1S/C61H55BN2S3/c1-35(2)42-30-49-56-50(31-42)64(57-36(3)27-44(28-37(57)4)61(8,9)10)58-46-34-43(60(5,6)7)22-26-53(46)67-59(58)62(56)47-29-41(55-33-40-16-12-14-18-52(40)66-55)21-25-48(47)63(49)45-23-19-38(20-24-45)54-32-39-15-11-13-17-51(39)65-54/h11-35H,1-10H3. The van der Waals surface area contributed by atoms with Gasteiger partial charge in [0.05, 0.1) is 11.4 Å². The van der Waals surface area contributed by atoms with E-state index in [1.807, 2.05) is 34.0 Å². The Labute approximate surface area is 408 Å². The molecule has 5 heterocycles. The summed E-state index contributed by atoms with van der Waals surface area (Å²) < 4.78 is 5.40. The van der Waals surface area contributed by atoms with Crippen molar-refractivity contribution in [3.8, 4) is 20.9 Å². The number of rotatable bonds is 5. The maximum absolute atomic E-state index is 2.71. The number of nitrogens with zero attached hydrogens (tertiary/aromatic N) is 2. The molecule has 2 aliphatic heterocycles. The molecule has 2 aliphatic rings. The topological polar surface area (TPSA) is 6.48 Å². The van der Waals surface area contributed by atoms with Gasteiger partial charge in [-0.1, -0.05) is 134 Å². The second kappa shape index (κ2) is 15.3. The van der Waals surface area contributed by atoms with Crippen LogP contribution < -0.4 is 25.5 Å². The Kier molecular flexibility index (Phi) is 9.69. The fourth-order valence-electron chi connectivity index (χ4n) is 10.7. The van der Waals surface area contributed by atoms with Crippen LogP contribution in [0.4, 0.5) is 34.1 Å². The van der Waals surface area contributed by atoms with Crippen molar-refractivity contribution >= 4 is 121 Å². The third kappa shape index (κ3) is 6.85. The van der Waals surface area contributed by atoms with Crippen molar-refractivity contribution in [2.45, 2.75) is 86.0 Å². The van der Waals surface area contributed by atoms with Crippen molar-refractivity contribution in [1.29, 1.82) is 0 Å². The minimum atomic E-state index is 0.00218. The van der Waals surface area contributed by atoms with Gasteiger partial charge in [-0.25, -0.2) is 0 Å². The van der Waals surface area contributed by atoms with E-state index in [0.29, 0.717) is 5.92 Å². The first kappa shape index (κ1) is 42.4. The van der Waals surface area contributed by atoms with E-state index in [4.69, 9.17) is 0 Å². The molecule has 0 N–H and O–H groups in total. The number of fused-ring (bicyclic) bond motifs is 8. The van der Waals surface area contributed by atoms with Crippen molar-refractivity contribution in [1.82, 2.24) is 0 Å². The third-order valence-electron chi connectivity index (χ3n) is 14.3. The van der Waals surface area contributed by atoms with Gasteiger partial charge in [-0.05, 0) is 158 Å². The highest BCUT2D eigenvalue weighted by atomic mass is 32.1. The Morgan fingerprint density at radius 3 is 1.67 bits per heavy atom. The minimum Gasteiger partial charge on any atom is -0.311 e. The van der Waals surface area contributed by atoms with Gasteiger partial charge >= 0.3 is 0 Å². The average Bonchev–Trinajstić information content (AvgIpc) is 4.04. The zero-order valence-electron chi connectivity index (χ0n) is 40.1. The van der Waals surface area contributed by atoms with Crippen LogP contribution in [0.1, 0.15) is 89.1 Å². The summed E-state index contributed by atoms with van der Waals surface area (Å²) in [5, 5.41) is 3.94. The highest BCUT2D eigenvalue weighted by Crippen LogP contribution is 2.51. The first-order valence-corrected chi connectivity index (χ1v) is 26.2. The Morgan fingerprint density at radius 2 is 1.07 bits per heavy atom. The molecule has 0 atom stereocenters. The summed E-state index contributed by atoms with van der Waals surface area (Å²) in [5.74, 6) is 0.314. The largest absolute Gasteiger partial charge is 0.311 e. The quantitative estimate of drug-likeness (QED) is 0.159. The van der Waals surface area contributed by atoms with E-state index < -0.39 is 0 Å². The molecule has 6 heteroatoms. The number of hydrogen-bond acceptors (Lipinski definition) is 5. The molecule has 0 amide bonds. The van der Waals surface area contributed by atoms with Crippen LogP contribution in [0.15, 0.2) is 146 Å². The zero-order chi connectivity index (χ0) is 46.3. The predicted octanol–water partition coefficient (Wildman–Crippen LogP) is 17.1. The Bertz CT molecular complexity index is 3540. The van der Waals surface area contributed by atoms with Gasteiger partial charge in [-0.3, -0.25) is 0 Å². The van der Waals surface area contributed by atoms with Crippen LogP contribution in [0.5, 0.6) is 0 Å². The SMILES string of the molecule is Cc1cc(C(C)(C)C)cc(C)c1N1c2cc(C(C)C)cc3c2B(c2cc(-c4cc5ccccc5s4)ccc2N3c2ccc(-c3cc4ccccc4s3)cc2)c2sc3ccc(C(C)(C)C)cc3c21. The van der Waals surface area contributed by atoms with Crippen molar-refractivity contribution in [3.05, 3.63) is 173 Å². The van der Waals surface area contributed by atoms with Gasteiger partial charge in [0.25, 0.3) is 6.71 Å². The zero-order valence-corrected chi connectivity index (χ0v) is 42.6. The van der Waals surface area contributed by atoms with E-state index in [0.717, 1.165) is 0 Å². The van der Waals surface area contributed by atoms with E-state index in [1.54, 1.807) is 0 Å². The van der Waals surface area contributed by atoms with Gasteiger partial charge in [0, 0.05) is 56.8 Å². The monoisotopic (exact) mass is 922 g/mol. The molecule has 0 unspecified atom stereocenters. The molecule has 0 radical (unpaired) electrons. The van der Waals surface area contributed by atoms with E-state index in [-0.39, 0.29) is 17.5 Å². The Morgan fingerprint density at radius 1 is 0.493 bits per heavy atom. The first-order chi connectivity index (χ1) is 32.1. The lowest BCUT2D eigenvalue weighted by Crippen LogP contribution is -2.60. The molecule has 12 rings (SSSR count). The van der Waals surface area contributed by atoms with Gasteiger partial charge in [0.1, 0.15) is 0 Å². The number of thiophene rings is 3. The van der Waals surface area contributed by atoms with Crippen LogP contribution in [0.2, 0.25) is 0 Å². The lowest BCUT2D eigenvalue weighted by atomic mass is 9.36. The minimum absolute atomic E-state index is 0.00218. The van der Waals surface area contributed by atoms with Crippen molar-refractivity contribution in [2.24, 2.45) is 0 Å². The average molecular weight is 923 g/mol. The van der Waals surface area contributed by atoms with Crippen LogP contribution >= 0.6 is 34.0 Å². The fraction of sp³-hybridized carbons (Fsp3) is 0.213. The van der Waals surface area contributed by atoms with Crippen LogP contribution in [-0.2, 0) is 10.8 Å². The lowest BCUT2D eigenvalue weighted by molar-refractivity contribution is 0.589. The lowest BCUT2D eigenvalue weighted by Gasteiger charge is -2.44. The number of aryl methyl sites for hydroxylation is 2. The van der Waals surface area contributed by atoms with Gasteiger partial charge in [0.2, 0.25) is 0 Å². The van der Waals surface area contributed by atoms with Crippen LogP contribution in [0, 0.1) is 13.8 Å². The fourth-order valence-corrected chi connectivity index (χ4v) is 14.2. The molecule has 3 aromatic heterocycles. The number of hydrogen-bond donors (Lipinski definition) is 0. The molecule has 2 nitrogen and oxygen atoms in total.